The monoisotopic (exact) mass is 460 g/mol. The Morgan fingerprint density at radius 3 is 1.85 bits per heavy atom. The van der Waals surface area contributed by atoms with Gasteiger partial charge in [0.05, 0.1) is 24.3 Å². The standard InChI is InChI=1S/C29H32O5/c1-4-6-19-32-26-15-13-25(14-16-26)29(31)34-27-17-11-23(12-18-27)22-7-9-24(10-8-22)28(30)33-20-21(3)5-2/h7-18,21H,4-6,19-20H2,1-3H3. The fraction of sp³-hybridized carbons (Fsp3) is 0.310. The van der Waals surface area contributed by atoms with Gasteiger partial charge in [-0.2, -0.15) is 0 Å². The van der Waals surface area contributed by atoms with Gasteiger partial charge in [-0.3, -0.25) is 0 Å². The van der Waals surface area contributed by atoms with Crippen LogP contribution in [0.3, 0.4) is 0 Å². The fourth-order valence-electron chi connectivity index (χ4n) is 3.12. The van der Waals surface area contributed by atoms with Gasteiger partial charge in [0.15, 0.2) is 0 Å². The summed E-state index contributed by atoms with van der Waals surface area (Å²) in [6, 6.07) is 21.5. The van der Waals surface area contributed by atoms with Crippen LogP contribution in [-0.4, -0.2) is 25.2 Å². The van der Waals surface area contributed by atoms with E-state index in [2.05, 4.69) is 20.8 Å². The molecule has 178 valence electrons. The van der Waals surface area contributed by atoms with Gasteiger partial charge in [-0.15, -0.1) is 0 Å². The topological polar surface area (TPSA) is 61.8 Å². The highest BCUT2D eigenvalue weighted by Gasteiger charge is 2.11. The summed E-state index contributed by atoms with van der Waals surface area (Å²) in [5.41, 5.74) is 2.89. The number of ether oxygens (including phenoxy) is 3. The Kier molecular flexibility index (Phi) is 9.27. The Bertz CT molecular complexity index is 1050. The Morgan fingerprint density at radius 1 is 0.735 bits per heavy atom. The third-order valence-electron chi connectivity index (χ3n) is 5.57. The molecule has 5 nitrogen and oxygen atoms in total. The van der Waals surface area contributed by atoms with Crippen LogP contribution in [0.4, 0.5) is 0 Å². The minimum Gasteiger partial charge on any atom is -0.494 e. The number of hydrogen-bond donors (Lipinski definition) is 0. The second-order valence-electron chi connectivity index (χ2n) is 8.33. The van der Waals surface area contributed by atoms with Crippen molar-refractivity contribution in [1.29, 1.82) is 0 Å². The molecule has 34 heavy (non-hydrogen) atoms. The molecule has 3 aromatic carbocycles. The molecule has 0 fully saturated rings. The first-order valence-electron chi connectivity index (χ1n) is 11.8. The van der Waals surface area contributed by atoms with E-state index in [-0.39, 0.29) is 5.97 Å². The lowest BCUT2D eigenvalue weighted by molar-refractivity contribution is 0.0447. The lowest BCUT2D eigenvalue weighted by Gasteiger charge is -2.10. The van der Waals surface area contributed by atoms with Gasteiger partial charge in [0, 0.05) is 0 Å². The van der Waals surface area contributed by atoms with E-state index < -0.39 is 5.97 Å². The van der Waals surface area contributed by atoms with Crippen molar-refractivity contribution in [3.05, 3.63) is 83.9 Å². The van der Waals surface area contributed by atoms with Gasteiger partial charge in [-0.25, -0.2) is 9.59 Å². The highest BCUT2D eigenvalue weighted by molar-refractivity contribution is 5.91. The molecule has 0 aliphatic rings. The zero-order chi connectivity index (χ0) is 24.3. The first-order valence-corrected chi connectivity index (χ1v) is 11.8. The number of esters is 2. The van der Waals surface area contributed by atoms with E-state index in [0.29, 0.717) is 36.0 Å². The maximum atomic E-state index is 12.4. The number of unbranched alkanes of at least 4 members (excludes halogenated alkanes) is 1. The fourth-order valence-corrected chi connectivity index (χ4v) is 3.12. The second-order valence-corrected chi connectivity index (χ2v) is 8.33. The lowest BCUT2D eigenvalue weighted by atomic mass is 10.0. The second kappa shape index (κ2) is 12.6. The van der Waals surface area contributed by atoms with Crippen molar-refractivity contribution in [1.82, 2.24) is 0 Å². The van der Waals surface area contributed by atoms with Gasteiger partial charge in [0.1, 0.15) is 11.5 Å². The average Bonchev–Trinajstić information content (AvgIpc) is 2.88. The molecule has 3 aromatic rings. The summed E-state index contributed by atoms with van der Waals surface area (Å²) < 4.78 is 16.5. The Morgan fingerprint density at radius 2 is 1.26 bits per heavy atom. The largest absolute Gasteiger partial charge is 0.494 e. The highest BCUT2D eigenvalue weighted by Crippen LogP contribution is 2.24. The first-order chi connectivity index (χ1) is 16.5. The van der Waals surface area contributed by atoms with Gasteiger partial charge >= 0.3 is 11.9 Å². The van der Waals surface area contributed by atoms with E-state index in [1.165, 1.54) is 0 Å². The number of carbonyl (C=O) groups is 2. The van der Waals surface area contributed by atoms with Crippen LogP contribution in [0.2, 0.25) is 0 Å². The number of carbonyl (C=O) groups excluding carboxylic acids is 2. The minimum atomic E-state index is -0.423. The summed E-state index contributed by atoms with van der Waals surface area (Å²) in [6.45, 7) is 7.32. The van der Waals surface area contributed by atoms with Crippen LogP contribution >= 0.6 is 0 Å². The van der Waals surface area contributed by atoms with Crippen molar-refractivity contribution >= 4 is 11.9 Å². The van der Waals surface area contributed by atoms with Crippen LogP contribution in [-0.2, 0) is 4.74 Å². The lowest BCUT2D eigenvalue weighted by Crippen LogP contribution is -2.11. The summed E-state index contributed by atoms with van der Waals surface area (Å²) >= 11 is 0. The molecule has 1 atom stereocenters. The molecule has 0 aliphatic heterocycles. The van der Waals surface area contributed by atoms with E-state index in [0.717, 1.165) is 36.1 Å². The summed E-state index contributed by atoms with van der Waals surface area (Å²) in [6.07, 6.45) is 3.04. The molecule has 0 radical (unpaired) electrons. The van der Waals surface area contributed by atoms with Crippen LogP contribution in [0.15, 0.2) is 72.8 Å². The predicted octanol–water partition coefficient (Wildman–Crippen LogP) is 6.95. The average molecular weight is 461 g/mol. The van der Waals surface area contributed by atoms with Crippen LogP contribution in [0.5, 0.6) is 11.5 Å². The van der Waals surface area contributed by atoms with E-state index in [1.54, 1.807) is 48.5 Å². The van der Waals surface area contributed by atoms with Crippen molar-refractivity contribution in [2.24, 2.45) is 5.92 Å². The maximum Gasteiger partial charge on any atom is 0.343 e. The molecule has 0 spiro atoms. The van der Waals surface area contributed by atoms with Crippen molar-refractivity contribution < 1.29 is 23.8 Å². The Hall–Kier alpha value is -3.60. The van der Waals surface area contributed by atoms with Crippen LogP contribution in [0.1, 0.15) is 60.7 Å². The van der Waals surface area contributed by atoms with Gasteiger partial charge in [0.2, 0.25) is 0 Å². The van der Waals surface area contributed by atoms with E-state index in [4.69, 9.17) is 14.2 Å². The first kappa shape index (κ1) is 25.0. The zero-order valence-corrected chi connectivity index (χ0v) is 20.1. The maximum absolute atomic E-state index is 12.4. The van der Waals surface area contributed by atoms with Gasteiger partial charge < -0.3 is 14.2 Å². The molecular formula is C29H32O5. The van der Waals surface area contributed by atoms with Crippen molar-refractivity contribution in [3.8, 4) is 22.6 Å². The molecule has 3 rings (SSSR count). The molecule has 5 heteroatoms. The summed E-state index contributed by atoms with van der Waals surface area (Å²) in [5, 5.41) is 0. The molecule has 0 amide bonds. The molecule has 0 aliphatic carbocycles. The smallest absolute Gasteiger partial charge is 0.343 e. The number of benzene rings is 3. The minimum absolute atomic E-state index is 0.310. The number of rotatable bonds is 11. The molecule has 0 bridgehead atoms. The zero-order valence-electron chi connectivity index (χ0n) is 20.1. The molecular weight excluding hydrogens is 428 g/mol. The van der Waals surface area contributed by atoms with Crippen molar-refractivity contribution in [3.63, 3.8) is 0 Å². The SMILES string of the molecule is CCCCOc1ccc(C(=O)Oc2ccc(-c3ccc(C(=O)OCC(C)CC)cc3)cc2)cc1. The Labute approximate surface area is 201 Å². The quantitative estimate of drug-likeness (QED) is 0.176. The van der Waals surface area contributed by atoms with Crippen LogP contribution in [0, 0.1) is 5.92 Å². The summed E-state index contributed by atoms with van der Waals surface area (Å²) in [7, 11) is 0. The van der Waals surface area contributed by atoms with Crippen LogP contribution in [0.25, 0.3) is 11.1 Å². The molecule has 0 N–H and O–H groups in total. The normalized spacial score (nSPS) is 11.5. The third kappa shape index (κ3) is 7.20. The molecule has 0 saturated carbocycles. The van der Waals surface area contributed by atoms with Crippen molar-refractivity contribution in [2.45, 2.75) is 40.0 Å². The van der Waals surface area contributed by atoms with E-state index in [1.807, 2.05) is 24.3 Å². The highest BCUT2D eigenvalue weighted by atomic mass is 16.5. The van der Waals surface area contributed by atoms with Gasteiger partial charge in [-0.1, -0.05) is 57.9 Å². The molecule has 0 aromatic heterocycles. The Balaban J connectivity index is 1.56. The number of hydrogen-bond acceptors (Lipinski definition) is 5. The molecule has 1 unspecified atom stereocenters. The molecule has 0 heterocycles. The summed E-state index contributed by atoms with van der Waals surface area (Å²) in [5.74, 6) is 0.814. The third-order valence-corrected chi connectivity index (χ3v) is 5.57. The van der Waals surface area contributed by atoms with E-state index in [9.17, 15) is 9.59 Å². The van der Waals surface area contributed by atoms with Gasteiger partial charge in [0.25, 0.3) is 0 Å². The van der Waals surface area contributed by atoms with E-state index >= 15 is 0 Å². The van der Waals surface area contributed by atoms with Crippen molar-refractivity contribution in [2.75, 3.05) is 13.2 Å². The summed E-state index contributed by atoms with van der Waals surface area (Å²) in [4.78, 5) is 24.6. The van der Waals surface area contributed by atoms with Crippen LogP contribution < -0.4 is 9.47 Å². The molecule has 0 saturated heterocycles. The predicted molar refractivity (Wildman–Crippen MR) is 133 cm³/mol. The van der Waals surface area contributed by atoms with Gasteiger partial charge in [-0.05, 0) is 72.0 Å².